The van der Waals surface area contributed by atoms with Gasteiger partial charge in [0, 0.05) is 96.2 Å². The molecule has 0 radical (unpaired) electrons. The standard InChI is InChI=1S/C45H67N9O12/c1-33(53-20-18-50(22-23-55)14-15-51(31-41(59)60)16-17-52(19-21-53)32-42(61)62)44(64)48-29-43(63)66-24-3-2-5-35-25-37(28-47-27-35)38(26-40(57)58)49-45(65)36-6-4-13-54(30-36)39(56)8-7-34-9-11-46-12-10-34/h23,25,27-28,33-34,36,38,46H,3-4,6-22,24,26,29-32H2,1H3,(H,48,64)(H,49,65)(H,57,58)(H,59,60)(H,61,62)/t33?,36-,38+/m1/s1. The predicted octanol–water partition coefficient (Wildman–Crippen LogP) is -0.889. The topological polar surface area (TPSA) is 272 Å². The summed E-state index contributed by atoms with van der Waals surface area (Å²) in [5.41, 5.74) is 0.905. The number of aliphatic carboxylic acids is 3. The molecule has 3 aliphatic heterocycles. The summed E-state index contributed by atoms with van der Waals surface area (Å²) in [5, 5.41) is 37.4. The van der Waals surface area contributed by atoms with E-state index in [4.69, 9.17) is 4.74 Å². The van der Waals surface area contributed by atoms with Crippen molar-refractivity contribution in [1.82, 2.24) is 45.4 Å². The summed E-state index contributed by atoms with van der Waals surface area (Å²) in [6.45, 7) is 6.15. The summed E-state index contributed by atoms with van der Waals surface area (Å²) >= 11 is 0. The van der Waals surface area contributed by atoms with Crippen LogP contribution in [0.15, 0.2) is 18.5 Å². The fraction of sp³-hybridized carbons (Fsp3) is 0.667. The molecule has 3 saturated heterocycles. The Morgan fingerprint density at radius 1 is 0.879 bits per heavy atom. The highest BCUT2D eigenvalue weighted by molar-refractivity contribution is 5.85. The molecule has 6 N–H and O–H groups in total. The molecule has 3 amide bonds. The minimum atomic E-state index is -1.11. The van der Waals surface area contributed by atoms with Crippen LogP contribution < -0.4 is 16.0 Å². The van der Waals surface area contributed by atoms with E-state index in [0.29, 0.717) is 75.6 Å². The summed E-state index contributed by atoms with van der Waals surface area (Å²) in [5.74, 6) is 1.27. The SMILES string of the molecule is CC(C(=O)NCC(=O)OCCC#Cc1cncc([C@H](CC(=O)O)NC(=O)[C@@H]2CCCN(C(=O)CCC3CCNCC3)C2)c1)N1CCN(CC=O)CCN(CC(=O)O)CCN(CC(=O)O)CC1. The number of likely N-dealkylation sites (tertiary alicyclic amines) is 1. The first-order chi connectivity index (χ1) is 31.7. The maximum absolute atomic E-state index is 13.5. The van der Waals surface area contributed by atoms with E-state index >= 15 is 0 Å². The van der Waals surface area contributed by atoms with Gasteiger partial charge < -0.3 is 45.7 Å². The number of nitrogens with zero attached hydrogens (tertiary/aromatic N) is 6. The summed E-state index contributed by atoms with van der Waals surface area (Å²) in [6.07, 6.45) is 8.13. The Morgan fingerprint density at radius 3 is 2.18 bits per heavy atom. The zero-order valence-electron chi connectivity index (χ0n) is 38.0. The Morgan fingerprint density at radius 2 is 1.53 bits per heavy atom. The number of amides is 3. The Bertz CT molecular complexity index is 1870. The van der Waals surface area contributed by atoms with Crippen molar-refractivity contribution in [2.75, 3.05) is 111 Å². The maximum atomic E-state index is 13.5. The van der Waals surface area contributed by atoms with Gasteiger partial charge >= 0.3 is 23.9 Å². The number of aldehydes is 1. The lowest BCUT2D eigenvalue weighted by Gasteiger charge is -2.35. The predicted molar refractivity (Wildman–Crippen MR) is 239 cm³/mol. The summed E-state index contributed by atoms with van der Waals surface area (Å²) in [4.78, 5) is 112. The Kier molecular flexibility index (Phi) is 22.9. The molecule has 0 bridgehead atoms. The number of carboxylic acids is 3. The van der Waals surface area contributed by atoms with Crippen LogP contribution in [0.1, 0.15) is 75.5 Å². The monoisotopic (exact) mass is 925 g/mol. The van der Waals surface area contributed by atoms with Crippen molar-refractivity contribution < 1.29 is 58.4 Å². The van der Waals surface area contributed by atoms with Gasteiger partial charge in [0.05, 0.1) is 44.1 Å². The average molecular weight is 926 g/mol. The van der Waals surface area contributed by atoms with Crippen LogP contribution in [0, 0.1) is 23.7 Å². The van der Waals surface area contributed by atoms with Crippen LogP contribution in [0.25, 0.3) is 0 Å². The third-order valence-electron chi connectivity index (χ3n) is 12.2. The van der Waals surface area contributed by atoms with Crippen LogP contribution in [0.4, 0.5) is 0 Å². The highest BCUT2D eigenvalue weighted by Gasteiger charge is 2.31. The first-order valence-corrected chi connectivity index (χ1v) is 22.9. The van der Waals surface area contributed by atoms with E-state index in [-0.39, 0.29) is 77.1 Å². The van der Waals surface area contributed by atoms with Gasteiger partial charge in [-0.1, -0.05) is 11.8 Å². The van der Waals surface area contributed by atoms with Gasteiger partial charge in [-0.15, -0.1) is 0 Å². The van der Waals surface area contributed by atoms with E-state index < -0.39 is 54.3 Å². The third kappa shape index (κ3) is 19.5. The fourth-order valence-electron chi connectivity index (χ4n) is 8.34. The molecule has 3 aliphatic rings. The van der Waals surface area contributed by atoms with Gasteiger partial charge in [-0.3, -0.25) is 58.1 Å². The van der Waals surface area contributed by atoms with Gasteiger partial charge in [0.15, 0.2) is 0 Å². The summed E-state index contributed by atoms with van der Waals surface area (Å²) < 4.78 is 5.28. The normalized spacial score (nSPS) is 19.7. The highest BCUT2D eigenvalue weighted by Crippen LogP contribution is 2.24. The lowest BCUT2D eigenvalue weighted by molar-refractivity contribution is -0.144. The lowest BCUT2D eigenvalue weighted by atomic mass is 9.92. The average Bonchev–Trinajstić information content (AvgIpc) is 3.29. The van der Waals surface area contributed by atoms with Gasteiger partial charge in [-0.2, -0.15) is 0 Å². The number of rotatable bonds is 20. The number of carbonyl (C=O) groups excluding carboxylic acids is 5. The van der Waals surface area contributed by atoms with Crippen LogP contribution in [-0.4, -0.2) is 210 Å². The third-order valence-corrected chi connectivity index (χ3v) is 12.2. The largest absolute Gasteiger partial charge is 0.481 e. The number of carbonyl (C=O) groups is 8. The van der Waals surface area contributed by atoms with Gasteiger partial charge in [0.2, 0.25) is 17.7 Å². The van der Waals surface area contributed by atoms with E-state index in [2.05, 4.69) is 32.8 Å². The molecule has 1 aromatic heterocycles. The summed E-state index contributed by atoms with van der Waals surface area (Å²) in [7, 11) is 0. The highest BCUT2D eigenvalue weighted by atomic mass is 16.5. The molecule has 4 rings (SSSR count). The first kappa shape index (κ1) is 53.1. The van der Waals surface area contributed by atoms with Crippen molar-refractivity contribution in [3.63, 3.8) is 0 Å². The van der Waals surface area contributed by atoms with Crippen molar-refractivity contribution in [1.29, 1.82) is 0 Å². The zero-order chi connectivity index (χ0) is 47.8. The molecule has 3 atom stereocenters. The van der Waals surface area contributed by atoms with E-state index in [0.717, 1.165) is 38.6 Å². The van der Waals surface area contributed by atoms with Gasteiger partial charge in [-0.25, -0.2) is 0 Å². The van der Waals surface area contributed by atoms with Gasteiger partial charge in [0.25, 0.3) is 0 Å². The number of pyridine rings is 1. The number of carboxylic acid groups (broad SMARTS) is 3. The molecule has 0 aliphatic carbocycles. The van der Waals surface area contributed by atoms with Crippen molar-refractivity contribution in [3.05, 3.63) is 29.6 Å². The molecule has 66 heavy (non-hydrogen) atoms. The number of piperidine rings is 2. The smallest absolute Gasteiger partial charge is 0.325 e. The second-order valence-corrected chi connectivity index (χ2v) is 17.1. The lowest BCUT2D eigenvalue weighted by Crippen LogP contribution is -2.53. The second kappa shape index (κ2) is 28.5. The maximum Gasteiger partial charge on any atom is 0.325 e. The molecule has 21 heteroatoms. The molecule has 0 spiro atoms. The Balaban J connectivity index is 1.25. The molecular weight excluding hydrogens is 859 g/mol. The molecule has 1 unspecified atom stereocenters. The summed E-state index contributed by atoms with van der Waals surface area (Å²) in [6, 6.07) is 0.0225. The van der Waals surface area contributed by atoms with Gasteiger partial charge in [-0.05, 0) is 69.7 Å². The van der Waals surface area contributed by atoms with Crippen LogP contribution in [-0.2, 0) is 43.1 Å². The first-order valence-electron chi connectivity index (χ1n) is 22.9. The minimum absolute atomic E-state index is 0.0449. The number of ether oxygens (including phenoxy) is 1. The van der Waals surface area contributed by atoms with Crippen molar-refractivity contribution in [2.24, 2.45) is 11.8 Å². The van der Waals surface area contributed by atoms with E-state index in [9.17, 15) is 53.7 Å². The molecule has 4 heterocycles. The molecule has 364 valence electrons. The molecule has 0 aromatic carbocycles. The van der Waals surface area contributed by atoms with Crippen LogP contribution in [0.3, 0.4) is 0 Å². The molecule has 1 aromatic rings. The van der Waals surface area contributed by atoms with E-state index in [1.54, 1.807) is 27.7 Å². The Labute approximate surface area is 385 Å². The molecule has 0 saturated carbocycles. The number of esters is 1. The van der Waals surface area contributed by atoms with Crippen molar-refractivity contribution >= 4 is 47.9 Å². The number of hydrogen-bond donors (Lipinski definition) is 6. The van der Waals surface area contributed by atoms with Crippen molar-refractivity contribution in [2.45, 2.75) is 70.4 Å². The second-order valence-electron chi connectivity index (χ2n) is 17.1. The Hall–Kier alpha value is -5.53. The van der Waals surface area contributed by atoms with Crippen molar-refractivity contribution in [3.8, 4) is 11.8 Å². The van der Waals surface area contributed by atoms with Gasteiger partial charge in [0.1, 0.15) is 19.4 Å². The van der Waals surface area contributed by atoms with Crippen LogP contribution >= 0.6 is 0 Å². The molecule has 21 nitrogen and oxygen atoms in total. The zero-order valence-corrected chi connectivity index (χ0v) is 38.0. The number of hydrogen-bond acceptors (Lipinski definition) is 15. The van der Waals surface area contributed by atoms with E-state index in [1.165, 1.54) is 12.4 Å². The molecule has 3 fully saturated rings. The minimum Gasteiger partial charge on any atom is -0.481 e. The fourth-order valence-corrected chi connectivity index (χ4v) is 8.34. The van der Waals surface area contributed by atoms with E-state index in [1.807, 2.05) is 9.80 Å². The van der Waals surface area contributed by atoms with Crippen LogP contribution in [0.5, 0.6) is 0 Å². The molecular formula is C45H67N9O12. The number of aromatic nitrogens is 1. The number of nitrogens with one attached hydrogen (secondary N) is 3. The van der Waals surface area contributed by atoms with Crippen LogP contribution in [0.2, 0.25) is 0 Å². The quantitative estimate of drug-likeness (QED) is 0.0401.